The minimum absolute atomic E-state index is 1.07. The van der Waals surface area contributed by atoms with Gasteiger partial charge in [0.25, 0.3) is 0 Å². The highest BCUT2D eigenvalue weighted by Gasteiger charge is 2.09. The van der Waals surface area contributed by atoms with Gasteiger partial charge in [-0.3, -0.25) is 0 Å². The number of benzene rings is 2. The number of fused-ring (bicyclic) bond motifs is 3. The van der Waals surface area contributed by atoms with Gasteiger partial charge in [-0.05, 0) is 31.6 Å². The van der Waals surface area contributed by atoms with Crippen molar-refractivity contribution < 1.29 is 0 Å². The van der Waals surface area contributed by atoms with Crippen LogP contribution in [0.3, 0.4) is 0 Å². The predicted octanol–water partition coefficient (Wildman–Crippen LogP) is 5.62. The Labute approximate surface area is 119 Å². The summed E-state index contributed by atoms with van der Waals surface area (Å²) >= 11 is 0. The molecule has 0 amide bonds. The summed E-state index contributed by atoms with van der Waals surface area (Å²) < 4.78 is 2.34. The number of rotatable bonds is 3. The number of para-hydroxylation sites is 2. The van der Waals surface area contributed by atoms with Crippen LogP contribution in [0.5, 0.6) is 0 Å². The van der Waals surface area contributed by atoms with Crippen molar-refractivity contribution in [3.05, 3.63) is 66.8 Å². The fraction of sp³-hybridized carbons (Fsp3) is 0.158. The molecule has 1 heteroatoms. The monoisotopic (exact) mass is 261 g/mol. The van der Waals surface area contributed by atoms with Crippen LogP contribution in [0.1, 0.15) is 20.3 Å². The van der Waals surface area contributed by atoms with E-state index in [0.717, 1.165) is 6.42 Å². The Kier molecular flexibility index (Phi) is 3.42. The largest absolute Gasteiger partial charge is 0.313 e. The summed E-state index contributed by atoms with van der Waals surface area (Å²) in [6, 6.07) is 17.2. The first-order valence-corrected chi connectivity index (χ1v) is 7.15. The number of hydrogen-bond donors (Lipinski definition) is 0. The molecule has 0 aliphatic rings. The smallest absolute Gasteiger partial charge is 0.0537 e. The zero-order chi connectivity index (χ0) is 13.9. The summed E-state index contributed by atoms with van der Waals surface area (Å²) in [6.45, 7) is 4.32. The highest BCUT2D eigenvalue weighted by atomic mass is 15.0. The summed E-state index contributed by atoms with van der Waals surface area (Å²) in [5.74, 6) is 0. The van der Waals surface area contributed by atoms with Crippen LogP contribution in [0.15, 0.2) is 66.8 Å². The van der Waals surface area contributed by atoms with Crippen LogP contribution < -0.4 is 0 Å². The number of allylic oxidation sites excluding steroid dienone is 4. The normalized spacial score (nSPS) is 12.8. The SMILES string of the molecule is CCC=CC=C(C)n1c2ccccc2c2ccccc21. The fourth-order valence-corrected chi connectivity index (χ4v) is 2.72. The van der Waals surface area contributed by atoms with E-state index in [0.29, 0.717) is 0 Å². The third-order valence-electron chi connectivity index (χ3n) is 3.64. The molecule has 1 nitrogen and oxygen atoms in total. The standard InChI is InChI=1S/C19H19N/c1-3-4-5-10-15(2)20-18-13-8-6-11-16(18)17-12-7-9-14-19(17)20/h4-14H,3H2,1-2H3. The van der Waals surface area contributed by atoms with Crippen LogP contribution in [-0.2, 0) is 0 Å². The third kappa shape index (κ3) is 2.05. The van der Waals surface area contributed by atoms with Crippen molar-refractivity contribution in [3.8, 4) is 0 Å². The van der Waals surface area contributed by atoms with Gasteiger partial charge in [-0.25, -0.2) is 0 Å². The second-order valence-corrected chi connectivity index (χ2v) is 5.01. The van der Waals surface area contributed by atoms with E-state index in [9.17, 15) is 0 Å². The van der Waals surface area contributed by atoms with Gasteiger partial charge in [-0.1, -0.05) is 55.5 Å². The fourth-order valence-electron chi connectivity index (χ4n) is 2.72. The Balaban J connectivity index is 2.32. The molecule has 0 aliphatic heterocycles. The zero-order valence-corrected chi connectivity index (χ0v) is 12.0. The van der Waals surface area contributed by atoms with E-state index in [4.69, 9.17) is 0 Å². The van der Waals surface area contributed by atoms with Crippen LogP contribution in [-0.4, -0.2) is 4.57 Å². The molecular formula is C19H19N. The van der Waals surface area contributed by atoms with Crippen LogP contribution in [0, 0.1) is 0 Å². The molecule has 0 bridgehead atoms. The Morgan fingerprint density at radius 2 is 1.50 bits per heavy atom. The summed E-state index contributed by atoms with van der Waals surface area (Å²) in [6.07, 6.45) is 7.57. The van der Waals surface area contributed by atoms with Crippen molar-refractivity contribution >= 4 is 27.5 Å². The lowest BCUT2D eigenvalue weighted by Crippen LogP contribution is -1.92. The molecule has 1 heterocycles. The van der Waals surface area contributed by atoms with Gasteiger partial charge in [0.15, 0.2) is 0 Å². The third-order valence-corrected chi connectivity index (χ3v) is 3.64. The van der Waals surface area contributed by atoms with E-state index >= 15 is 0 Å². The maximum Gasteiger partial charge on any atom is 0.0537 e. The Morgan fingerprint density at radius 3 is 2.05 bits per heavy atom. The lowest BCUT2D eigenvalue weighted by atomic mass is 10.2. The molecule has 0 fully saturated rings. The van der Waals surface area contributed by atoms with E-state index in [-0.39, 0.29) is 0 Å². The summed E-state index contributed by atoms with van der Waals surface area (Å²) in [5, 5.41) is 2.63. The van der Waals surface area contributed by atoms with Crippen molar-refractivity contribution in [1.82, 2.24) is 4.57 Å². The maximum atomic E-state index is 2.34. The average Bonchev–Trinajstić information content (AvgIpc) is 2.82. The molecule has 0 spiro atoms. The molecule has 0 atom stereocenters. The van der Waals surface area contributed by atoms with Crippen molar-refractivity contribution in [3.63, 3.8) is 0 Å². The Morgan fingerprint density at radius 1 is 0.950 bits per heavy atom. The van der Waals surface area contributed by atoms with E-state index in [1.165, 1.54) is 27.5 Å². The minimum atomic E-state index is 1.07. The van der Waals surface area contributed by atoms with E-state index < -0.39 is 0 Å². The van der Waals surface area contributed by atoms with Gasteiger partial charge in [0.1, 0.15) is 0 Å². The van der Waals surface area contributed by atoms with Crippen LogP contribution in [0.2, 0.25) is 0 Å². The molecule has 0 saturated carbocycles. The van der Waals surface area contributed by atoms with Crippen LogP contribution >= 0.6 is 0 Å². The van der Waals surface area contributed by atoms with E-state index in [1.807, 2.05) is 0 Å². The van der Waals surface area contributed by atoms with Gasteiger partial charge in [0.05, 0.1) is 11.0 Å². The van der Waals surface area contributed by atoms with Crippen molar-refractivity contribution in [1.29, 1.82) is 0 Å². The van der Waals surface area contributed by atoms with E-state index in [2.05, 4.69) is 85.2 Å². The van der Waals surface area contributed by atoms with Gasteiger partial charge in [-0.15, -0.1) is 0 Å². The predicted molar refractivity (Wildman–Crippen MR) is 88.8 cm³/mol. The molecular weight excluding hydrogens is 242 g/mol. The molecule has 0 unspecified atom stereocenters. The Hall–Kier alpha value is -2.28. The first kappa shape index (κ1) is 12.7. The molecule has 3 aromatic rings. The quantitative estimate of drug-likeness (QED) is 0.539. The van der Waals surface area contributed by atoms with Crippen LogP contribution in [0.25, 0.3) is 27.5 Å². The first-order valence-electron chi connectivity index (χ1n) is 7.15. The summed E-state index contributed by atoms with van der Waals surface area (Å²) in [4.78, 5) is 0. The molecule has 100 valence electrons. The van der Waals surface area contributed by atoms with E-state index in [1.54, 1.807) is 0 Å². The maximum absolute atomic E-state index is 2.34. The molecule has 0 saturated heterocycles. The highest BCUT2D eigenvalue weighted by Crippen LogP contribution is 2.31. The molecule has 0 N–H and O–H groups in total. The molecule has 0 radical (unpaired) electrons. The van der Waals surface area contributed by atoms with Gasteiger partial charge < -0.3 is 4.57 Å². The van der Waals surface area contributed by atoms with Gasteiger partial charge in [-0.2, -0.15) is 0 Å². The summed E-state index contributed by atoms with van der Waals surface area (Å²) in [5.41, 5.74) is 3.78. The average molecular weight is 261 g/mol. The molecule has 1 aromatic heterocycles. The van der Waals surface area contributed by atoms with Crippen molar-refractivity contribution in [2.24, 2.45) is 0 Å². The highest BCUT2D eigenvalue weighted by molar-refractivity contribution is 6.09. The van der Waals surface area contributed by atoms with Gasteiger partial charge in [0.2, 0.25) is 0 Å². The lowest BCUT2D eigenvalue weighted by molar-refractivity contribution is 1.19. The molecule has 20 heavy (non-hydrogen) atoms. The molecule has 3 rings (SSSR count). The second-order valence-electron chi connectivity index (χ2n) is 5.01. The second kappa shape index (κ2) is 5.38. The number of hydrogen-bond acceptors (Lipinski definition) is 0. The van der Waals surface area contributed by atoms with Crippen LogP contribution in [0.4, 0.5) is 0 Å². The number of nitrogens with zero attached hydrogens (tertiary/aromatic N) is 1. The Bertz CT molecular complexity index is 750. The van der Waals surface area contributed by atoms with Gasteiger partial charge >= 0.3 is 0 Å². The topological polar surface area (TPSA) is 4.93 Å². The zero-order valence-electron chi connectivity index (χ0n) is 12.0. The number of aromatic nitrogens is 1. The van der Waals surface area contributed by atoms with Gasteiger partial charge in [0, 0.05) is 16.5 Å². The van der Waals surface area contributed by atoms with Crippen molar-refractivity contribution in [2.75, 3.05) is 0 Å². The summed E-state index contributed by atoms with van der Waals surface area (Å²) in [7, 11) is 0. The lowest BCUT2D eigenvalue weighted by Gasteiger charge is -2.06. The molecule has 2 aromatic carbocycles. The minimum Gasteiger partial charge on any atom is -0.313 e. The molecule has 0 aliphatic carbocycles. The van der Waals surface area contributed by atoms with Crippen molar-refractivity contribution in [2.45, 2.75) is 20.3 Å². The first-order chi connectivity index (χ1) is 9.83.